The van der Waals surface area contributed by atoms with Crippen LogP contribution in [0, 0.1) is 6.92 Å². The fraction of sp³-hybridized carbons (Fsp3) is 0.0667. The molecule has 0 unspecified atom stereocenters. The number of aromatic nitrogens is 3. The first-order chi connectivity index (χ1) is 9.29. The van der Waals surface area contributed by atoms with Crippen LogP contribution in [0.2, 0.25) is 0 Å². The van der Waals surface area contributed by atoms with E-state index in [1.54, 1.807) is 11.3 Å². The molecule has 4 aromatic rings. The predicted octanol–water partition coefficient (Wildman–Crippen LogP) is 3.92. The minimum absolute atomic E-state index is 0.937. The van der Waals surface area contributed by atoms with E-state index in [1.807, 2.05) is 35.0 Å². The van der Waals surface area contributed by atoms with Crippen LogP contribution in [0.3, 0.4) is 0 Å². The van der Waals surface area contributed by atoms with Crippen LogP contribution in [0.25, 0.3) is 26.6 Å². The molecule has 0 amide bonds. The van der Waals surface area contributed by atoms with Crippen molar-refractivity contribution >= 4 is 27.2 Å². The number of hydrogen-bond donors (Lipinski definition) is 0. The molecule has 0 bridgehead atoms. The Morgan fingerprint density at radius 3 is 2.89 bits per heavy atom. The van der Waals surface area contributed by atoms with Crippen molar-refractivity contribution in [2.75, 3.05) is 0 Å². The second-order valence-corrected chi connectivity index (χ2v) is 5.61. The molecule has 3 heterocycles. The van der Waals surface area contributed by atoms with Gasteiger partial charge >= 0.3 is 0 Å². The number of imidazole rings is 1. The van der Waals surface area contributed by atoms with Gasteiger partial charge in [-0.25, -0.2) is 9.97 Å². The maximum absolute atomic E-state index is 4.65. The highest BCUT2D eigenvalue weighted by molar-refractivity contribution is 7.21. The third-order valence-electron chi connectivity index (χ3n) is 3.13. The third-order valence-corrected chi connectivity index (χ3v) is 4.19. The summed E-state index contributed by atoms with van der Waals surface area (Å²) in [6.07, 6.45) is 4.07. The van der Waals surface area contributed by atoms with Gasteiger partial charge in [0.2, 0.25) is 0 Å². The van der Waals surface area contributed by atoms with Crippen LogP contribution in [0.1, 0.15) is 5.56 Å². The molecule has 0 atom stereocenters. The second kappa shape index (κ2) is 3.90. The zero-order chi connectivity index (χ0) is 12.8. The first kappa shape index (κ1) is 10.7. The van der Waals surface area contributed by atoms with Crippen molar-refractivity contribution < 1.29 is 0 Å². The standard InChI is InChI=1S/C15H11N3S/c1-10-6-7-18-9-12(16-14(18)8-10)15-17-11-4-2-3-5-13(11)19-15/h2-9H,1H3. The molecule has 0 fully saturated rings. The van der Waals surface area contributed by atoms with E-state index in [0.717, 1.165) is 21.9 Å². The van der Waals surface area contributed by atoms with Gasteiger partial charge in [0, 0.05) is 12.4 Å². The van der Waals surface area contributed by atoms with E-state index in [4.69, 9.17) is 0 Å². The van der Waals surface area contributed by atoms with Crippen LogP contribution in [0.15, 0.2) is 48.8 Å². The van der Waals surface area contributed by atoms with Gasteiger partial charge in [0.1, 0.15) is 16.3 Å². The highest BCUT2D eigenvalue weighted by atomic mass is 32.1. The van der Waals surface area contributed by atoms with Crippen molar-refractivity contribution in [3.05, 3.63) is 54.4 Å². The maximum atomic E-state index is 4.65. The molecule has 3 nitrogen and oxygen atoms in total. The lowest BCUT2D eigenvalue weighted by atomic mass is 10.3. The predicted molar refractivity (Wildman–Crippen MR) is 78.5 cm³/mol. The molecule has 0 spiro atoms. The van der Waals surface area contributed by atoms with Gasteiger partial charge in [0.05, 0.1) is 10.2 Å². The lowest BCUT2D eigenvalue weighted by Crippen LogP contribution is -1.81. The lowest BCUT2D eigenvalue weighted by molar-refractivity contribution is 1.17. The number of para-hydroxylation sites is 1. The molecule has 4 heteroatoms. The number of hydrogen-bond acceptors (Lipinski definition) is 3. The average molecular weight is 265 g/mol. The Bertz CT molecular complexity index is 856. The van der Waals surface area contributed by atoms with Crippen molar-refractivity contribution in [1.29, 1.82) is 0 Å². The van der Waals surface area contributed by atoms with E-state index in [2.05, 4.69) is 35.1 Å². The summed E-state index contributed by atoms with van der Waals surface area (Å²) in [5.41, 5.74) is 4.16. The quantitative estimate of drug-likeness (QED) is 0.522. The molecule has 0 saturated heterocycles. The Morgan fingerprint density at radius 1 is 1.11 bits per heavy atom. The number of fused-ring (bicyclic) bond motifs is 2. The molecular weight excluding hydrogens is 254 g/mol. The molecule has 4 rings (SSSR count). The summed E-state index contributed by atoms with van der Waals surface area (Å²) in [5, 5.41) is 0.975. The van der Waals surface area contributed by atoms with Crippen molar-refractivity contribution in [3.8, 4) is 10.7 Å². The van der Waals surface area contributed by atoms with E-state index in [-0.39, 0.29) is 0 Å². The SMILES string of the molecule is Cc1ccn2cc(-c3nc4ccccc4s3)nc2c1. The summed E-state index contributed by atoms with van der Waals surface area (Å²) in [7, 11) is 0. The van der Waals surface area contributed by atoms with Gasteiger partial charge in [0.25, 0.3) is 0 Å². The van der Waals surface area contributed by atoms with Crippen molar-refractivity contribution in [2.45, 2.75) is 6.92 Å². The highest BCUT2D eigenvalue weighted by Gasteiger charge is 2.09. The summed E-state index contributed by atoms with van der Waals surface area (Å²) < 4.78 is 3.24. The maximum Gasteiger partial charge on any atom is 0.144 e. The van der Waals surface area contributed by atoms with Gasteiger partial charge in [-0.1, -0.05) is 12.1 Å². The van der Waals surface area contributed by atoms with Crippen LogP contribution in [0.4, 0.5) is 0 Å². The molecule has 0 radical (unpaired) electrons. The zero-order valence-electron chi connectivity index (χ0n) is 10.4. The fourth-order valence-corrected chi connectivity index (χ4v) is 3.09. The van der Waals surface area contributed by atoms with Crippen LogP contribution in [0.5, 0.6) is 0 Å². The number of benzene rings is 1. The molecule has 3 aromatic heterocycles. The molecule has 0 aliphatic carbocycles. The Kier molecular flexibility index (Phi) is 2.19. The van der Waals surface area contributed by atoms with Crippen LogP contribution in [-0.2, 0) is 0 Å². The normalized spacial score (nSPS) is 11.4. The summed E-state index contributed by atoms with van der Waals surface area (Å²) >= 11 is 1.68. The average Bonchev–Trinajstić information content (AvgIpc) is 3.00. The minimum atomic E-state index is 0.937. The van der Waals surface area contributed by atoms with Crippen molar-refractivity contribution in [2.24, 2.45) is 0 Å². The van der Waals surface area contributed by atoms with Crippen LogP contribution < -0.4 is 0 Å². The Morgan fingerprint density at radius 2 is 2.00 bits per heavy atom. The molecular formula is C15H11N3S. The number of nitrogens with zero attached hydrogens (tertiary/aromatic N) is 3. The van der Waals surface area contributed by atoms with Gasteiger partial charge in [-0.2, -0.15) is 0 Å². The fourth-order valence-electron chi connectivity index (χ4n) is 2.17. The monoisotopic (exact) mass is 265 g/mol. The zero-order valence-corrected chi connectivity index (χ0v) is 11.2. The first-order valence-electron chi connectivity index (χ1n) is 6.11. The molecule has 19 heavy (non-hydrogen) atoms. The van der Waals surface area contributed by atoms with Gasteiger partial charge in [-0.15, -0.1) is 11.3 Å². The molecule has 0 aliphatic rings. The van der Waals surface area contributed by atoms with E-state index >= 15 is 0 Å². The van der Waals surface area contributed by atoms with Crippen molar-refractivity contribution in [1.82, 2.24) is 14.4 Å². The smallest absolute Gasteiger partial charge is 0.144 e. The van der Waals surface area contributed by atoms with E-state index in [1.165, 1.54) is 10.3 Å². The molecule has 0 saturated carbocycles. The van der Waals surface area contributed by atoms with Gasteiger partial charge in [0.15, 0.2) is 0 Å². The molecule has 1 aromatic carbocycles. The molecule has 0 aliphatic heterocycles. The third kappa shape index (κ3) is 1.72. The largest absolute Gasteiger partial charge is 0.306 e. The molecule has 92 valence electrons. The van der Waals surface area contributed by atoms with E-state index in [0.29, 0.717) is 0 Å². The topological polar surface area (TPSA) is 30.2 Å². The number of aryl methyl sites for hydroxylation is 1. The van der Waals surface area contributed by atoms with Gasteiger partial charge in [-0.3, -0.25) is 0 Å². The van der Waals surface area contributed by atoms with Crippen LogP contribution in [-0.4, -0.2) is 14.4 Å². The number of thiazole rings is 1. The summed E-state index contributed by atoms with van der Waals surface area (Å²) in [6.45, 7) is 2.08. The summed E-state index contributed by atoms with van der Waals surface area (Å²) in [6, 6.07) is 12.3. The Balaban J connectivity index is 1.93. The van der Waals surface area contributed by atoms with E-state index < -0.39 is 0 Å². The summed E-state index contributed by atoms with van der Waals surface area (Å²) in [5.74, 6) is 0. The Labute approximate surface area is 114 Å². The van der Waals surface area contributed by atoms with Gasteiger partial charge in [-0.05, 0) is 36.8 Å². The lowest BCUT2D eigenvalue weighted by Gasteiger charge is -1.92. The first-order valence-corrected chi connectivity index (χ1v) is 6.92. The van der Waals surface area contributed by atoms with Crippen molar-refractivity contribution in [3.63, 3.8) is 0 Å². The minimum Gasteiger partial charge on any atom is -0.306 e. The van der Waals surface area contributed by atoms with Gasteiger partial charge < -0.3 is 4.40 Å². The number of rotatable bonds is 1. The summed E-state index contributed by atoms with van der Waals surface area (Å²) in [4.78, 5) is 9.29. The Hall–Kier alpha value is -2.20. The second-order valence-electron chi connectivity index (χ2n) is 4.58. The number of pyridine rings is 1. The van der Waals surface area contributed by atoms with Crippen LogP contribution >= 0.6 is 11.3 Å². The van der Waals surface area contributed by atoms with E-state index in [9.17, 15) is 0 Å². The highest BCUT2D eigenvalue weighted by Crippen LogP contribution is 2.29. The molecule has 0 N–H and O–H groups in total.